The number of aromatic nitrogens is 2. The Bertz CT molecular complexity index is 560. The number of aryl methyl sites for hydroxylation is 2. The molecule has 88 valence electrons. The van der Waals surface area contributed by atoms with Crippen molar-refractivity contribution in [3.8, 4) is 0 Å². The number of benzene rings is 1. The highest BCUT2D eigenvalue weighted by atomic mass is 79.9. The molecule has 0 fully saturated rings. The second-order valence-corrected chi connectivity index (χ2v) is 5.01. The fourth-order valence-corrected chi connectivity index (χ4v) is 2.02. The van der Waals surface area contributed by atoms with Crippen molar-refractivity contribution in [2.75, 3.05) is 0 Å². The van der Waals surface area contributed by atoms with Crippen molar-refractivity contribution in [3.63, 3.8) is 0 Å². The predicted octanol–water partition coefficient (Wildman–Crippen LogP) is 3.15. The van der Waals surface area contributed by atoms with Crippen molar-refractivity contribution in [1.29, 1.82) is 0 Å². The van der Waals surface area contributed by atoms with Gasteiger partial charge in [-0.15, -0.1) is 0 Å². The minimum Gasteiger partial charge on any atom is -0.292 e. The minimum atomic E-state index is 0.0850. The number of carbonyl (C=O) groups excluding carboxylic acids is 1. The first kappa shape index (κ1) is 12.0. The Hall–Kier alpha value is -1.42. The second-order valence-electron chi connectivity index (χ2n) is 4.10. The van der Waals surface area contributed by atoms with E-state index >= 15 is 0 Å². The van der Waals surface area contributed by atoms with Gasteiger partial charge in [0.1, 0.15) is 6.54 Å². The summed E-state index contributed by atoms with van der Waals surface area (Å²) < 4.78 is 2.51. The molecule has 0 aliphatic heterocycles. The van der Waals surface area contributed by atoms with Crippen molar-refractivity contribution in [1.82, 2.24) is 9.78 Å². The monoisotopic (exact) mass is 292 g/mol. The maximum Gasteiger partial charge on any atom is 0.184 e. The lowest BCUT2D eigenvalue weighted by Gasteiger charge is -2.06. The highest BCUT2D eigenvalue weighted by Gasteiger charge is 2.10. The SMILES string of the molecule is Cc1ccc(C)c(C(=O)Cn2cc(Br)cn2)c1. The molecular formula is C13H13BrN2O. The van der Waals surface area contributed by atoms with Crippen LogP contribution in [0.25, 0.3) is 0 Å². The van der Waals surface area contributed by atoms with E-state index < -0.39 is 0 Å². The van der Waals surface area contributed by atoms with E-state index in [9.17, 15) is 4.79 Å². The topological polar surface area (TPSA) is 34.9 Å². The van der Waals surface area contributed by atoms with Gasteiger partial charge < -0.3 is 0 Å². The Kier molecular flexibility index (Phi) is 3.43. The lowest BCUT2D eigenvalue weighted by molar-refractivity contribution is 0.0967. The summed E-state index contributed by atoms with van der Waals surface area (Å²) in [6.07, 6.45) is 3.47. The van der Waals surface area contributed by atoms with E-state index in [-0.39, 0.29) is 12.3 Å². The first-order valence-corrected chi connectivity index (χ1v) is 6.14. The Labute approximate surface area is 109 Å². The minimum absolute atomic E-state index is 0.0850. The van der Waals surface area contributed by atoms with Crippen LogP contribution >= 0.6 is 15.9 Å². The molecule has 0 unspecified atom stereocenters. The number of hydrogen-bond acceptors (Lipinski definition) is 2. The van der Waals surface area contributed by atoms with E-state index in [1.807, 2.05) is 32.0 Å². The molecule has 0 aliphatic carbocycles. The molecule has 0 aliphatic rings. The van der Waals surface area contributed by atoms with Gasteiger partial charge in [-0.25, -0.2) is 0 Å². The zero-order valence-corrected chi connectivity index (χ0v) is 11.4. The Morgan fingerprint density at radius 3 is 2.82 bits per heavy atom. The van der Waals surface area contributed by atoms with E-state index in [0.29, 0.717) is 0 Å². The summed E-state index contributed by atoms with van der Waals surface area (Å²) in [7, 11) is 0. The smallest absolute Gasteiger partial charge is 0.184 e. The number of carbonyl (C=O) groups is 1. The molecule has 0 saturated heterocycles. The lowest BCUT2D eigenvalue weighted by atomic mass is 10.0. The van der Waals surface area contributed by atoms with Crippen LogP contribution in [-0.4, -0.2) is 15.6 Å². The van der Waals surface area contributed by atoms with Gasteiger partial charge in [-0.3, -0.25) is 9.48 Å². The van der Waals surface area contributed by atoms with Crippen LogP contribution in [0.1, 0.15) is 21.5 Å². The molecule has 4 heteroatoms. The van der Waals surface area contributed by atoms with E-state index in [2.05, 4.69) is 21.0 Å². The third-order valence-corrected chi connectivity index (χ3v) is 3.01. The molecule has 0 amide bonds. The third-order valence-electron chi connectivity index (χ3n) is 2.60. The van der Waals surface area contributed by atoms with Gasteiger partial charge in [-0.2, -0.15) is 5.10 Å². The first-order chi connectivity index (χ1) is 8.06. The summed E-state index contributed by atoms with van der Waals surface area (Å²) in [5.74, 6) is 0.0850. The van der Waals surface area contributed by atoms with Gasteiger partial charge in [0.2, 0.25) is 0 Å². The normalized spacial score (nSPS) is 10.5. The quantitative estimate of drug-likeness (QED) is 0.815. The second kappa shape index (κ2) is 4.84. The Morgan fingerprint density at radius 1 is 1.41 bits per heavy atom. The summed E-state index contributed by atoms with van der Waals surface area (Å²) in [6, 6.07) is 5.91. The number of hydrogen-bond donors (Lipinski definition) is 0. The summed E-state index contributed by atoms with van der Waals surface area (Å²) in [5, 5.41) is 4.08. The van der Waals surface area contributed by atoms with Crippen LogP contribution in [0.4, 0.5) is 0 Å². The Morgan fingerprint density at radius 2 is 2.18 bits per heavy atom. The van der Waals surface area contributed by atoms with Crippen molar-refractivity contribution in [2.24, 2.45) is 0 Å². The van der Waals surface area contributed by atoms with Gasteiger partial charge >= 0.3 is 0 Å². The van der Waals surface area contributed by atoms with Crippen LogP contribution in [0.5, 0.6) is 0 Å². The number of Topliss-reactive ketones (excluding diaryl/α,β-unsaturated/α-hetero) is 1. The molecule has 2 rings (SSSR count). The summed E-state index contributed by atoms with van der Waals surface area (Å²) in [4.78, 5) is 12.1. The average molecular weight is 293 g/mol. The fraction of sp³-hybridized carbons (Fsp3) is 0.231. The average Bonchev–Trinajstić information content (AvgIpc) is 2.67. The maximum absolute atomic E-state index is 12.1. The largest absolute Gasteiger partial charge is 0.292 e. The van der Waals surface area contributed by atoms with Crippen LogP contribution in [-0.2, 0) is 6.54 Å². The molecule has 1 heterocycles. The van der Waals surface area contributed by atoms with E-state index in [1.54, 1.807) is 17.1 Å². The highest BCUT2D eigenvalue weighted by molar-refractivity contribution is 9.10. The van der Waals surface area contributed by atoms with Crippen molar-refractivity contribution in [2.45, 2.75) is 20.4 Å². The van der Waals surface area contributed by atoms with Crippen LogP contribution in [0.2, 0.25) is 0 Å². The van der Waals surface area contributed by atoms with Gasteiger partial charge in [0, 0.05) is 11.8 Å². The zero-order valence-electron chi connectivity index (χ0n) is 9.77. The summed E-state index contributed by atoms with van der Waals surface area (Å²) in [5.41, 5.74) is 2.88. The van der Waals surface area contributed by atoms with Crippen molar-refractivity contribution < 1.29 is 4.79 Å². The molecule has 2 aromatic rings. The Balaban J connectivity index is 2.22. The predicted molar refractivity (Wildman–Crippen MR) is 70.2 cm³/mol. The van der Waals surface area contributed by atoms with Crippen molar-refractivity contribution >= 4 is 21.7 Å². The van der Waals surface area contributed by atoms with E-state index in [4.69, 9.17) is 0 Å². The molecule has 0 spiro atoms. The molecule has 3 nitrogen and oxygen atoms in total. The summed E-state index contributed by atoms with van der Waals surface area (Å²) >= 11 is 3.31. The van der Waals surface area contributed by atoms with E-state index in [1.165, 1.54) is 0 Å². The molecule has 1 aromatic carbocycles. The molecule has 0 N–H and O–H groups in total. The van der Waals surface area contributed by atoms with Gasteiger partial charge in [0.25, 0.3) is 0 Å². The molecule has 0 bridgehead atoms. The molecule has 0 radical (unpaired) electrons. The van der Waals surface area contributed by atoms with Crippen LogP contribution < -0.4 is 0 Å². The molecule has 0 atom stereocenters. The van der Waals surface area contributed by atoms with Gasteiger partial charge in [-0.1, -0.05) is 17.7 Å². The zero-order chi connectivity index (χ0) is 12.4. The van der Waals surface area contributed by atoms with Gasteiger partial charge in [0.15, 0.2) is 5.78 Å². The van der Waals surface area contributed by atoms with E-state index in [0.717, 1.165) is 21.2 Å². The highest BCUT2D eigenvalue weighted by Crippen LogP contribution is 2.13. The molecular weight excluding hydrogens is 280 g/mol. The van der Waals surface area contributed by atoms with Crippen LogP contribution in [0, 0.1) is 13.8 Å². The van der Waals surface area contributed by atoms with Crippen molar-refractivity contribution in [3.05, 3.63) is 51.8 Å². The fourth-order valence-electron chi connectivity index (χ4n) is 1.69. The number of nitrogens with zero attached hydrogens (tertiary/aromatic N) is 2. The number of halogens is 1. The maximum atomic E-state index is 12.1. The standard InChI is InChI=1S/C13H13BrN2O/c1-9-3-4-10(2)12(5-9)13(17)8-16-7-11(14)6-15-16/h3-7H,8H2,1-2H3. The van der Waals surface area contributed by atoms with Crippen LogP contribution in [0.15, 0.2) is 35.1 Å². The number of rotatable bonds is 3. The number of ketones is 1. The van der Waals surface area contributed by atoms with Gasteiger partial charge in [-0.05, 0) is 41.4 Å². The summed E-state index contributed by atoms with van der Waals surface area (Å²) in [6.45, 7) is 4.21. The molecule has 0 saturated carbocycles. The lowest BCUT2D eigenvalue weighted by Crippen LogP contribution is -2.12. The third kappa shape index (κ3) is 2.82. The molecule has 1 aromatic heterocycles. The first-order valence-electron chi connectivity index (χ1n) is 5.34. The van der Waals surface area contributed by atoms with Gasteiger partial charge in [0.05, 0.1) is 10.7 Å². The van der Waals surface area contributed by atoms with Crippen LogP contribution in [0.3, 0.4) is 0 Å². The molecule has 17 heavy (non-hydrogen) atoms.